The topological polar surface area (TPSA) is 50.4 Å². The summed E-state index contributed by atoms with van der Waals surface area (Å²) in [4.78, 5) is 11.4. The van der Waals surface area contributed by atoms with Crippen LogP contribution in [0.3, 0.4) is 0 Å². The number of carbonyl (C=O) groups excluding carboxylic acids is 1. The molecule has 0 atom stereocenters. The zero-order valence-corrected chi connectivity index (χ0v) is 12.3. The maximum Gasteiger partial charge on any atom is 0.223 e. The first-order valence-electron chi connectivity index (χ1n) is 5.93. The number of benzene rings is 1. The van der Waals surface area contributed by atoms with Gasteiger partial charge in [-0.05, 0) is 47.6 Å². The second kappa shape index (κ2) is 8.11. The minimum absolute atomic E-state index is 0.00786. The monoisotopic (exact) mass is 314 g/mol. The maximum atomic E-state index is 11.4. The van der Waals surface area contributed by atoms with E-state index in [0.717, 1.165) is 16.8 Å². The van der Waals surface area contributed by atoms with Crippen LogP contribution in [0.15, 0.2) is 22.7 Å². The van der Waals surface area contributed by atoms with E-state index in [2.05, 4.69) is 26.6 Å². The van der Waals surface area contributed by atoms with Crippen molar-refractivity contribution in [3.8, 4) is 5.75 Å². The van der Waals surface area contributed by atoms with Gasteiger partial charge in [-0.1, -0.05) is 6.07 Å². The highest BCUT2D eigenvalue weighted by molar-refractivity contribution is 9.10. The summed E-state index contributed by atoms with van der Waals surface area (Å²) in [5.41, 5.74) is 1.17. The summed E-state index contributed by atoms with van der Waals surface area (Å²) in [6.45, 7) is 3.82. The normalized spacial score (nSPS) is 10.2. The van der Waals surface area contributed by atoms with Crippen LogP contribution in [-0.4, -0.2) is 32.7 Å². The Kier molecular flexibility index (Phi) is 6.75. The van der Waals surface area contributed by atoms with Crippen molar-refractivity contribution in [3.05, 3.63) is 28.2 Å². The fourth-order valence-corrected chi connectivity index (χ4v) is 2.00. The molecule has 1 aromatic carbocycles. The summed E-state index contributed by atoms with van der Waals surface area (Å²) in [5.74, 6) is 0.775. The van der Waals surface area contributed by atoms with E-state index >= 15 is 0 Å². The Morgan fingerprint density at radius 2 is 2.17 bits per heavy atom. The summed E-state index contributed by atoms with van der Waals surface area (Å²) < 4.78 is 6.46. The molecule has 0 aliphatic rings. The summed E-state index contributed by atoms with van der Waals surface area (Å²) >= 11 is 3.43. The maximum absolute atomic E-state index is 11.4. The van der Waals surface area contributed by atoms with Crippen LogP contribution in [-0.2, 0) is 4.79 Å². The van der Waals surface area contributed by atoms with E-state index in [1.165, 1.54) is 5.56 Å². The second-order valence-electron chi connectivity index (χ2n) is 3.99. The molecule has 0 fully saturated rings. The Hall–Kier alpha value is -1.07. The van der Waals surface area contributed by atoms with E-state index in [-0.39, 0.29) is 5.91 Å². The lowest BCUT2D eigenvalue weighted by molar-refractivity contribution is -0.121. The number of nitrogens with one attached hydrogen (secondary N) is 2. The molecule has 0 heterocycles. The van der Waals surface area contributed by atoms with E-state index in [1.807, 2.05) is 32.2 Å². The van der Waals surface area contributed by atoms with Crippen LogP contribution < -0.4 is 15.4 Å². The van der Waals surface area contributed by atoms with Gasteiger partial charge in [0.15, 0.2) is 0 Å². The van der Waals surface area contributed by atoms with Gasteiger partial charge in [-0.25, -0.2) is 0 Å². The number of carbonyl (C=O) groups is 1. The predicted molar refractivity (Wildman–Crippen MR) is 75.9 cm³/mol. The van der Waals surface area contributed by atoms with Crippen molar-refractivity contribution < 1.29 is 9.53 Å². The van der Waals surface area contributed by atoms with Crippen LogP contribution in [0.25, 0.3) is 0 Å². The van der Waals surface area contributed by atoms with Crippen molar-refractivity contribution in [2.24, 2.45) is 0 Å². The number of amides is 1. The summed E-state index contributed by atoms with van der Waals surface area (Å²) in [7, 11) is 1.85. The zero-order valence-electron chi connectivity index (χ0n) is 10.8. The first-order valence-corrected chi connectivity index (χ1v) is 6.73. The van der Waals surface area contributed by atoms with Gasteiger partial charge in [0.1, 0.15) is 5.75 Å². The SMILES string of the molecule is CNCCNC(=O)CCOc1ccc(C)cc1Br. The molecule has 0 aromatic heterocycles. The first-order chi connectivity index (χ1) is 8.63. The number of hydrogen-bond donors (Lipinski definition) is 2. The Morgan fingerprint density at radius 3 is 2.83 bits per heavy atom. The molecule has 18 heavy (non-hydrogen) atoms. The van der Waals surface area contributed by atoms with Crippen LogP contribution in [0, 0.1) is 6.92 Å². The van der Waals surface area contributed by atoms with Crippen LogP contribution in [0.5, 0.6) is 5.75 Å². The van der Waals surface area contributed by atoms with Crippen molar-refractivity contribution in [1.82, 2.24) is 10.6 Å². The van der Waals surface area contributed by atoms with Gasteiger partial charge in [0.25, 0.3) is 0 Å². The van der Waals surface area contributed by atoms with Crippen molar-refractivity contribution in [2.75, 3.05) is 26.7 Å². The molecule has 5 heteroatoms. The number of rotatable bonds is 7. The first kappa shape index (κ1) is 15.0. The number of aryl methyl sites for hydroxylation is 1. The molecule has 1 rings (SSSR count). The highest BCUT2D eigenvalue weighted by Crippen LogP contribution is 2.25. The van der Waals surface area contributed by atoms with Gasteiger partial charge in [-0.2, -0.15) is 0 Å². The fourth-order valence-electron chi connectivity index (χ4n) is 1.39. The molecular formula is C13H19BrN2O2. The number of hydrogen-bond acceptors (Lipinski definition) is 3. The largest absolute Gasteiger partial charge is 0.492 e. The fraction of sp³-hybridized carbons (Fsp3) is 0.462. The Labute approximate surface area is 116 Å². The quantitative estimate of drug-likeness (QED) is 0.755. The van der Waals surface area contributed by atoms with Gasteiger partial charge < -0.3 is 15.4 Å². The molecule has 0 saturated heterocycles. The third kappa shape index (κ3) is 5.51. The highest BCUT2D eigenvalue weighted by Gasteiger charge is 2.04. The summed E-state index contributed by atoms with van der Waals surface area (Å²) in [6.07, 6.45) is 0.365. The highest BCUT2D eigenvalue weighted by atomic mass is 79.9. The lowest BCUT2D eigenvalue weighted by Crippen LogP contribution is -2.31. The van der Waals surface area contributed by atoms with E-state index in [4.69, 9.17) is 4.74 Å². The molecule has 0 saturated carbocycles. The molecule has 100 valence electrons. The van der Waals surface area contributed by atoms with Crippen molar-refractivity contribution in [2.45, 2.75) is 13.3 Å². The number of likely N-dealkylation sites (N-methyl/N-ethyl adjacent to an activating group) is 1. The van der Waals surface area contributed by atoms with Crippen LogP contribution >= 0.6 is 15.9 Å². The molecule has 0 spiro atoms. The zero-order chi connectivity index (χ0) is 13.4. The molecule has 0 aliphatic heterocycles. The minimum Gasteiger partial charge on any atom is -0.492 e. The lowest BCUT2D eigenvalue weighted by atomic mass is 10.2. The molecular weight excluding hydrogens is 296 g/mol. The average Bonchev–Trinajstić information content (AvgIpc) is 2.32. The van der Waals surface area contributed by atoms with Gasteiger partial charge in [0, 0.05) is 13.1 Å². The van der Waals surface area contributed by atoms with Crippen molar-refractivity contribution >= 4 is 21.8 Å². The third-order valence-electron chi connectivity index (χ3n) is 2.37. The van der Waals surface area contributed by atoms with Crippen LogP contribution in [0.4, 0.5) is 0 Å². The van der Waals surface area contributed by atoms with E-state index < -0.39 is 0 Å². The minimum atomic E-state index is 0.00786. The Bertz CT molecular complexity index is 397. The molecule has 0 aliphatic carbocycles. The molecule has 2 N–H and O–H groups in total. The second-order valence-corrected chi connectivity index (χ2v) is 4.84. The van der Waals surface area contributed by atoms with Gasteiger partial charge >= 0.3 is 0 Å². The summed E-state index contributed by atoms with van der Waals surface area (Å²) in [5, 5.41) is 5.77. The molecule has 1 aromatic rings. The van der Waals surface area contributed by atoms with E-state index in [9.17, 15) is 4.79 Å². The van der Waals surface area contributed by atoms with Gasteiger partial charge in [-0.15, -0.1) is 0 Å². The molecule has 1 amide bonds. The number of ether oxygens (including phenoxy) is 1. The molecule has 0 radical (unpaired) electrons. The molecule has 4 nitrogen and oxygen atoms in total. The van der Waals surface area contributed by atoms with E-state index in [0.29, 0.717) is 19.6 Å². The van der Waals surface area contributed by atoms with Crippen molar-refractivity contribution in [1.29, 1.82) is 0 Å². The lowest BCUT2D eigenvalue weighted by Gasteiger charge is -2.09. The van der Waals surface area contributed by atoms with Crippen LogP contribution in [0.2, 0.25) is 0 Å². The standard InChI is InChI=1S/C13H19BrN2O2/c1-10-3-4-12(11(14)9-10)18-8-5-13(17)16-7-6-15-2/h3-4,9,15H,5-8H2,1-2H3,(H,16,17). The smallest absolute Gasteiger partial charge is 0.223 e. The van der Waals surface area contributed by atoms with E-state index in [1.54, 1.807) is 0 Å². The average molecular weight is 315 g/mol. The van der Waals surface area contributed by atoms with Crippen molar-refractivity contribution in [3.63, 3.8) is 0 Å². The molecule has 0 unspecified atom stereocenters. The van der Waals surface area contributed by atoms with Gasteiger partial charge in [0.05, 0.1) is 17.5 Å². The molecule has 0 bridgehead atoms. The number of halogens is 1. The Morgan fingerprint density at radius 1 is 1.39 bits per heavy atom. The van der Waals surface area contributed by atoms with Gasteiger partial charge in [-0.3, -0.25) is 4.79 Å². The Balaban J connectivity index is 2.26. The predicted octanol–water partition coefficient (Wildman–Crippen LogP) is 1.86. The van der Waals surface area contributed by atoms with Gasteiger partial charge in [0.2, 0.25) is 5.91 Å². The van der Waals surface area contributed by atoms with Crippen LogP contribution in [0.1, 0.15) is 12.0 Å². The summed E-state index contributed by atoms with van der Waals surface area (Å²) in [6, 6.07) is 5.87. The third-order valence-corrected chi connectivity index (χ3v) is 2.99.